The predicted molar refractivity (Wildman–Crippen MR) is 92.7 cm³/mol. The number of carbonyl (C=O) groups is 3. The lowest BCUT2D eigenvalue weighted by Crippen LogP contribution is -2.52. The number of hydrogen-bond acceptors (Lipinski definition) is 4. The smallest absolute Gasteiger partial charge is 0.257 e. The number of alkyl halides is 3. The van der Waals surface area contributed by atoms with E-state index in [2.05, 4.69) is 5.32 Å². The number of imide groups is 1. The van der Waals surface area contributed by atoms with Crippen molar-refractivity contribution in [3.05, 3.63) is 11.8 Å². The maximum Gasteiger partial charge on any atom is 0.257 e. The first-order chi connectivity index (χ1) is 10.8. The Kier molecular flexibility index (Phi) is 6.96. The van der Waals surface area contributed by atoms with Crippen LogP contribution < -0.4 is 5.32 Å². The van der Waals surface area contributed by atoms with Gasteiger partial charge in [0, 0.05) is 11.5 Å². The lowest BCUT2D eigenvalue weighted by atomic mass is 9.94. The molecule has 0 spiro atoms. The molecule has 6 nitrogen and oxygen atoms in total. The molecule has 1 aliphatic heterocycles. The van der Waals surface area contributed by atoms with Gasteiger partial charge in [0.2, 0.25) is 5.91 Å². The van der Waals surface area contributed by atoms with Gasteiger partial charge in [-0.2, -0.15) is 0 Å². The Morgan fingerprint density at radius 1 is 1.33 bits per heavy atom. The molecule has 136 valence electrons. The Balaban J connectivity index is 2.90. The zero-order chi connectivity index (χ0) is 18.7. The van der Waals surface area contributed by atoms with Gasteiger partial charge < -0.3 is 10.1 Å². The normalized spacial score (nSPS) is 16.7. The average Bonchev–Trinajstić information content (AvgIpc) is 2.81. The SMILES string of the molecule is COC1=CC(=O)N(C(=O)C(CCC(Cl)(Cl)Cl)NC(=O)C(C)(C)C)C1. The van der Waals surface area contributed by atoms with E-state index in [1.165, 1.54) is 13.2 Å². The Hall–Kier alpha value is -0.980. The van der Waals surface area contributed by atoms with Gasteiger partial charge in [0.15, 0.2) is 3.79 Å². The molecule has 1 N–H and O–H groups in total. The Morgan fingerprint density at radius 3 is 2.33 bits per heavy atom. The van der Waals surface area contributed by atoms with Gasteiger partial charge in [-0.15, -0.1) is 0 Å². The van der Waals surface area contributed by atoms with E-state index in [9.17, 15) is 14.4 Å². The third-order valence-electron chi connectivity index (χ3n) is 3.39. The number of amides is 3. The van der Waals surface area contributed by atoms with Gasteiger partial charge in [-0.3, -0.25) is 19.3 Å². The van der Waals surface area contributed by atoms with Crippen molar-refractivity contribution in [2.45, 2.75) is 43.4 Å². The number of rotatable bonds is 5. The quantitative estimate of drug-likeness (QED) is 0.721. The molecule has 24 heavy (non-hydrogen) atoms. The molecule has 9 heteroatoms. The topological polar surface area (TPSA) is 75.7 Å². The summed E-state index contributed by atoms with van der Waals surface area (Å²) in [4.78, 5) is 37.8. The van der Waals surface area contributed by atoms with E-state index < -0.39 is 27.1 Å². The van der Waals surface area contributed by atoms with E-state index in [4.69, 9.17) is 39.5 Å². The first kappa shape index (κ1) is 21.1. The maximum absolute atomic E-state index is 12.7. The lowest BCUT2D eigenvalue weighted by molar-refractivity contribution is -0.144. The van der Waals surface area contributed by atoms with Crippen molar-refractivity contribution >= 4 is 52.5 Å². The molecule has 3 amide bonds. The van der Waals surface area contributed by atoms with Crippen LogP contribution in [-0.2, 0) is 19.1 Å². The second-order valence-corrected chi connectivity index (χ2v) is 9.02. The molecule has 1 aliphatic rings. The molecule has 0 radical (unpaired) electrons. The van der Waals surface area contributed by atoms with Crippen molar-refractivity contribution < 1.29 is 19.1 Å². The fourth-order valence-electron chi connectivity index (χ4n) is 1.93. The fraction of sp³-hybridized carbons (Fsp3) is 0.667. The van der Waals surface area contributed by atoms with Crippen LogP contribution in [0.3, 0.4) is 0 Å². The molecule has 0 aromatic carbocycles. The van der Waals surface area contributed by atoms with Gasteiger partial charge in [-0.25, -0.2) is 0 Å². The van der Waals surface area contributed by atoms with Crippen molar-refractivity contribution in [3.8, 4) is 0 Å². The highest BCUT2D eigenvalue weighted by atomic mass is 35.6. The van der Waals surface area contributed by atoms with Crippen LogP contribution in [0.4, 0.5) is 0 Å². The van der Waals surface area contributed by atoms with Crippen LogP contribution in [0.2, 0.25) is 0 Å². The minimum absolute atomic E-state index is 0.0177. The molecule has 0 bridgehead atoms. The van der Waals surface area contributed by atoms with Gasteiger partial charge in [-0.05, 0) is 12.8 Å². The molecular weight excluding hydrogens is 379 g/mol. The second-order valence-electron chi connectivity index (χ2n) is 6.51. The summed E-state index contributed by atoms with van der Waals surface area (Å²) in [7, 11) is 1.41. The van der Waals surface area contributed by atoms with E-state index in [1.807, 2.05) is 0 Å². The molecular formula is C15H21Cl3N2O4. The van der Waals surface area contributed by atoms with Crippen LogP contribution in [-0.4, -0.2) is 46.1 Å². The van der Waals surface area contributed by atoms with Gasteiger partial charge in [-0.1, -0.05) is 55.6 Å². The number of ether oxygens (including phenoxy) is 1. The average molecular weight is 400 g/mol. The van der Waals surface area contributed by atoms with Crippen LogP contribution in [0, 0.1) is 5.41 Å². The van der Waals surface area contributed by atoms with Gasteiger partial charge >= 0.3 is 0 Å². The molecule has 0 saturated heterocycles. The number of carbonyl (C=O) groups excluding carboxylic acids is 3. The van der Waals surface area contributed by atoms with Gasteiger partial charge in [0.25, 0.3) is 11.8 Å². The zero-order valence-electron chi connectivity index (χ0n) is 14.0. The third kappa shape index (κ3) is 6.15. The molecule has 1 heterocycles. The van der Waals surface area contributed by atoms with Crippen molar-refractivity contribution in [1.82, 2.24) is 10.2 Å². The van der Waals surface area contributed by atoms with Crippen LogP contribution in [0.5, 0.6) is 0 Å². The fourth-order valence-corrected chi connectivity index (χ4v) is 2.26. The van der Waals surface area contributed by atoms with E-state index in [0.717, 1.165) is 4.90 Å². The van der Waals surface area contributed by atoms with Gasteiger partial charge in [0.05, 0.1) is 13.7 Å². The van der Waals surface area contributed by atoms with Crippen molar-refractivity contribution in [3.63, 3.8) is 0 Å². The monoisotopic (exact) mass is 398 g/mol. The first-order valence-electron chi connectivity index (χ1n) is 7.33. The molecule has 0 fully saturated rings. The summed E-state index contributed by atoms with van der Waals surface area (Å²) in [5, 5.41) is 2.64. The molecule has 0 aromatic rings. The summed E-state index contributed by atoms with van der Waals surface area (Å²) >= 11 is 17.2. The van der Waals surface area contributed by atoms with Crippen LogP contribution in [0.25, 0.3) is 0 Å². The largest absolute Gasteiger partial charge is 0.499 e. The maximum atomic E-state index is 12.7. The predicted octanol–water partition coefficient (Wildman–Crippen LogP) is 2.57. The lowest BCUT2D eigenvalue weighted by Gasteiger charge is -2.27. The Morgan fingerprint density at radius 2 is 1.92 bits per heavy atom. The van der Waals surface area contributed by atoms with Crippen molar-refractivity contribution in [1.29, 1.82) is 0 Å². The van der Waals surface area contributed by atoms with E-state index in [-0.39, 0.29) is 25.3 Å². The molecule has 0 aromatic heterocycles. The highest BCUT2D eigenvalue weighted by Crippen LogP contribution is 2.32. The highest BCUT2D eigenvalue weighted by molar-refractivity contribution is 6.67. The van der Waals surface area contributed by atoms with Crippen LogP contribution in [0.15, 0.2) is 11.8 Å². The summed E-state index contributed by atoms with van der Waals surface area (Å²) in [5.41, 5.74) is -0.705. The summed E-state index contributed by atoms with van der Waals surface area (Å²) in [6.07, 6.45) is 1.36. The zero-order valence-corrected chi connectivity index (χ0v) is 16.3. The van der Waals surface area contributed by atoms with E-state index in [0.29, 0.717) is 5.76 Å². The number of methoxy groups -OCH3 is 1. The molecule has 0 aliphatic carbocycles. The first-order valence-corrected chi connectivity index (χ1v) is 8.46. The summed E-state index contributed by atoms with van der Waals surface area (Å²) in [6.45, 7) is 5.16. The standard InChI is InChI=1S/C15H21Cl3N2O4/c1-14(2,3)13(23)19-10(5-6-15(16,17)18)12(22)20-8-9(24-4)7-11(20)21/h7,10H,5-6,8H2,1-4H3,(H,19,23). The summed E-state index contributed by atoms with van der Waals surface area (Å²) < 4.78 is 3.43. The Bertz CT molecular complexity index is 550. The van der Waals surface area contributed by atoms with Crippen molar-refractivity contribution in [2.75, 3.05) is 13.7 Å². The minimum Gasteiger partial charge on any atom is -0.499 e. The van der Waals surface area contributed by atoms with Crippen LogP contribution >= 0.6 is 34.8 Å². The molecule has 1 atom stereocenters. The summed E-state index contributed by atoms with van der Waals surface area (Å²) in [5.74, 6) is -1.02. The van der Waals surface area contributed by atoms with Gasteiger partial charge in [0.1, 0.15) is 11.8 Å². The van der Waals surface area contributed by atoms with Crippen molar-refractivity contribution in [2.24, 2.45) is 5.41 Å². The third-order valence-corrected chi connectivity index (χ3v) is 3.96. The molecule has 0 saturated carbocycles. The number of nitrogens with one attached hydrogen (secondary N) is 1. The number of nitrogens with zero attached hydrogens (tertiary/aromatic N) is 1. The molecule has 1 unspecified atom stereocenters. The number of halogens is 3. The molecule has 1 rings (SSSR count). The minimum atomic E-state index is -1.56. The van der Waals surface area contributed by atoms with E-state index in [1.54, 1.807) is 20.8 Å². The van der Waals surface area contributed by atoms with E-state index >= 15 is 0 Å². The highest BCUT2D eigenvalue weighted by Gasteiger charge is 2.36. The van der Waals surface area contributed by atoms with Crippen LogP contribution in [0.1, 0.15) is 33.6 Å². The Labute approximate surface area is 156 Å². The summed E-state index contributed by atoms with van der Waals surface area (Å²) in [6, 6.07) is -0.971. The number of hydrogen-bond donors (Lipinski definition) is 1. The second kappa shape index (κ2) is 7.93.